The molecule has 11 aromatic rings. The van der Waals surface area contributed by atoms with Crippen molar-refractivity contribution in [3.8, 4) is 67.5 Å². The van der Waals surface area contributed by atoms with E-state index in [1.165, 1.54) is 54.2 Å². The fraction of sp³-hybridized carbons (Fsp3) is 0. The maximum absolute atomic E-state index is 5.08. The van der Waals surface area contributed by atoms with Crippen LogP contribution in [0.25, 0.3) is 111 Å². The van der Waals surface area contributed by atoms with E-state index in [0.717, 1.165) is 38.9 Å². The molecule has 0 radical (unpaired) electrons. The maximum atomic E-state index is 5.08. The minimum absolute atomic E-state index is 0.636. The maximum Gasteiger partial charge on any atom is 0.164 e. The smallest absolute Gasteiger partial charge is 0.164 e. The van der Waals surface area contributed by atoms with Crippen LogP contribution in [-0.4, -0.2) is 15.0 Å². The van der Waals surface area contributed by atoms with Gasteiger partial charge < -0.3 is 0 Å². The van der Waals surface area contributed by atoms with Gasteiger partial charge >= 0.3 is 0 Å². The Hall–Kier alpha value is -7.75. The molecule has 0 unspecified atom stereocenters. The molecule has 10 aromatic carbocycles. The minimum Gasteiger partial charge on any atom is -0.208 e. The fourth-order valence-corrected chi connectivity index (χ4v) is 8.33. The highest BCUT2D eigenvalue weighted by molar-refractivity contribution is 6.20. The molecule has 270 valence electrons. The van der Waals surface area contributed by atoms with Gasteiger partial charge in [-0.2, -0.15) is 0 Å². The van der Waals surface area contributed by atoms with Crippen LogP contribution in [0.4, 0.5) is 0 Å². The summed E-state index contributed by atoms with van der Waals surface area (Å²) in [6.45, 7) is 0. The van der Waals surface area contributed by atoms with E-state index in [1.54, 1.807) is 0 Å². The van der Waals surface area contributed by atoms with Crippen LogP contribution in [-0.2, 0) is 0 Å². The molecule has 58 heavy (non-hydrogen) atoms. The summed E-state index contributed by atoms with van der Waals surface area (Å²) in [5.41, 5.74) is 9.84. The van der Waals surface area contributed by atoms with Gasteiger partial charge in [-0.1, -0.05) is 194 Å². The third kappa shape index (κ3) is 6.07. The van der Waals surface area contributed by atoms with Crippen LogP contribution in [0, 0.1) is 0 Å². The van der Waals surface area contributed by atoms with Gasteiger partial charge in [0.2, 0.25) is 0 Å². The summed E-state index contributed by atoms with van der Waals surface area (Å²) in [4.78, 5) is 15.1. The largest absolute Gasteiger partial charge is 0.208 e. The lowest BCUT2D eigenvalue weighted by molar-refractivity contribution is 1.07. The third-order valence-corrected chi connectivity index (χ3v) is 11.3. The quantitative estimate of drug-likeness (QED) is 0.126. The Balaban J connectivity index is 0.949. The fourth-order valence-electron chi connectivity index (χ4n) is 8.33. The molecule has 11 rings (SSSR count). The van der Waals surface area contributed by atoms with Crippen LogP contribution in [0.1, 0.15) is 0 Å². The molecule has 0 atom stereocenters. The minimum atomic E-state index is 0.636. The van der Waals surface area contributed by atoms with E-state index < -0.39 is 0 Å². The molecule has 0 saturated heterocycles. The van der Waals surface area contributed by atoms with E-state index in [-0.39, 0.29) is 0 Å². The summed E-state index contributed by atoms with van der Waals surface area (Å²) >= 11 is 0. The number of hydrogen-bond acceptors (Lipinski definition) is 3. The zero-order valence-electron chi connectivity index (χ0n) is 31.5. The zero-order valence-corrected chi connectivity index (χ0v) is 31.5. The van der Waals surface area contributed by atoms with Gasteiger partial charge in [-0.25, -0.2) is 15.0 Å². The molecule has 0 N–H and O–H groups in total. The Morgan fingerprint density at radius 3 is 1.43 bits per heavy atom. The molecule has 0 saturated carbocycles. The van der Waals surface area contributed by atoms with Crippen molar-refractivity contribution >= 4 is 43.1 Å². The summed E-state index contributed by atoms with van der Waals surface area (Å²) in [5, 5.41) is 10.0. The van der Waals surface area contributed by atoms with Crippen molar-refractivity contribution in [2.75, 3.05) is 0 Å². The number of aromatic nitrogens is 3. The van der Waals surface area contributed by atoms with Crippen LogP contribution in [0.2, 0.25) is 0 Å². The molecule has 0 aliphatic rings. The van der Waals surface area contributed by atoms with Gasteiger partial charge in [-0.15, -0.1) is 0 Å². The normalized spacial score (nSPS) is 11.4. The average molecular weight is 738 g/mol. The van der Waals surface area contributed by atoms with E-state index in [2.05, 4.69) is 182 Å². The standard InChI is InChI=1S/C55H35N3/c1-2-13-41(14-3-1)53-56-54(58-55(57-53)47-18-10-17-44(34-47)45-30-25-36-11-4-5-15-43(36)33-45)42-28-23-38(24-29-42)37-21-26-40(27-22-37)52-49-20-9-7-16-46(49)35-51-48-19-8-6-12-39(48)31-32-50(51)52/h1-35H. The monoisotopic (exact) mass is 737 g/mol. The molecule has 0 fully saturated rings. The SMILES string of the molecule is c1ccc(-c2nc(-c3ccc(-c4ccc(-c5c6ccccc6cc6c5ccc5ccccc56)cc4)cc3)nc(-c3cccc(-c4ccc5ccccc5c4)c3)n2)cc1. The predicted octanol–water partition coefficient (Wildman–Crippen LogP) is 14.5. The van der Waals surface area contributed by atoms with Crippen LogP contribution in [0.15, 0.2) is 212 Å². The van der Waals surface area contributed by atoms with Gasteiger partial charge in [0.15, 0.2) is 17.5 Å². The molecule has 1 heterocycles. The summed E-state index contributed by atoms with van der Waals surface area (Å²) in [5.74, 6) is 1.92. The summed E-state index contributed by atoms with van der Waals surface area (Å²) < 4.78 is 0. The lowest BCUT2D eigenvalue weighted by Gasteiger charge is -2.14. The second-order valence-corrected chi connectivity index (χ2v) is 14.8. The van der Waals surface area contributed by atoms with Gasteiger partial charge in [-0.3, -0.25) is 0 Å². The van der Waals surface area contributed by atoms with Gasteiger partial charge in [0.25, 0.3) is 0 Å². The number of benzene rings is 10. The molecule has 3 nitrogen and oxygen atoms in total. The molecule has 0 bridgehead atoms. The topological polar surface area (TPSA) is 38.7 Å². The van der Waals surface area contributed by atoms with Crippen molar-refractivity contribution in [3.63, 3.8) is 0 Å². The van der Waals surface area contributed by atoms with Gasteiger partial charge in [0, 0.05) is 16.7 Å². The van der Waals surface area contributed by atoms with Crippen LogP contribution in [0.5, 0.6) is 0 Å². The van der Waals surface area contributed by atoms with E-state index >= 15 is 0 Å². The first kappa shape index (κ1) is 33.6. The molecule has 1 aromatic heterocycles. The molecule has 0 aliphatic carbocycles. The highest BCUT2D eigenvalue weighted by Gasteiger charge is 2.15. The summed E-state index contributed by atoms with van der Waals surface area (Å²) in [6, 6.07) is 75.5. The van der Waals surface area contributed by atoms with Crippen molar-refractivity contribution in [1.29, 1.82) is 0 Å². The Bertz CT molecular complexity index is 3320. The van der Waals surface area contributed by atoms with Gasteiger partial charge in [0.05, 0.1) is 0 Å². The highest BCUT2D eigenvalue weighted by Crippen LogP contribution is 2.40. The van der Waals surface area contributed by atoms with Gasteiger partial charge in [0.1, 0.15) is 0 Å². The van der Waals surface area contributed by atoms with Crippen LogP contribution >= 0.6 is 0 Å². The second-order valence-electron chi connectivity index (χ2n) is 14.8. The van der Waals surface area contributed by atoms with Crippen molar-refractivity contribution < 1.29 is 0 Å². The van der Waals surface area contributed by atoms with Crippen molar-refractivity contribution in [2.24, 2.45) is 0 Å². The Kier molecular flexibility index (Phi) is 8.15. The van der Waals surface area contributed by atoms with Gasteiger partial charge in [-0.05, 0) is 94.7 Å². The summed E-state index contributed by atoms with van der Waals surface area (Å²) in [7, 11) is 0. The number of fused-ring (bicyclic) bond motifs is 5. The average Bonchev–Trinajstić information content (AvgIpc) is 3.31. The molecular formula is C55H35N3. The Morgan fingerprint density at radius 1 is 0.207 bits per heavy atom. The molecule has 3 heteroatoms. The number of nitrogens with zero attached hydrogens (tertiary/aromatic N) is 3. The Labute approximate surface area is 336 Å². The first-order chi connectivity index (χ1) is 28.7. The summed E-state index contributed by atoms with van der Waals surface area (Å²) in [6.07, 6.45) is 0. The van der Waals surface area contributed by atoms with Crippen molar-refractivity contribution in [2.45, 2.75) is 0 Å². The lowest BCUT2D eigenvalue weighted by Crippen LogP contribution is -2.00. The van der Waals surface area contributed by atoms with E-state index in [1.807, 2.05) is 30.3 Å². The first-order valence-electron chi connectivity index (χ1n) is 19.7. The van der Waals surface area contributed by atoms with E-state index in [0.29, 0.717) is 17.5 Å². The first-order valence-corrected chi connectivity index (χ1v) is 19.7. The number of hydrogen-bond donors (Lipinski definition) is 0. The molecule has 0 aliphatic heterocycles. The lowest BCUT2D eigenvalue weighted by atomic mass is 9.89. The highest BCUT2D eigenvalue weighted by atomic mass is 15.0. The van der Waals surface area contributed by atoms with Crippen molar-refractivity contribution in [1.82, 2.24) is 15.0 Å². The predicted molar refractivity (Wildman–Crippen MR) is 242 cm³/mol. The van der Waals surface area contributed by atoms with E-state index in [4.69, 9.17) is 15.0 Å². The molecular weight excluding hydrogens is 703 g/mol. The zero-order chi connectivity index (χ0) is 38.4. The molecule has 0 spiro atoms. The van der Waals surface area contributed by atoms with Crippen LogP contribution < -0.4 is 0 Å². The number of rotatable bonds is 6. The van der Waals surface area contributed by atoms with E-state index in [9.17, 15) is 0 Å². The second kappa shape index (κ2) is 14.1. The third-order valence-electron chi connectivity index (χ3n) is 11.3. The van der Waals surface area contributed by atoms with Crippen molar-refractivity contribution in [3.05, 3.63) is 212 Å². The Morgan fingerprint density at radius 2 is 0.690 bits per heavy atom. The van der Waals surface area contributed by atoms with Crippen LogP contribution in [0.3, 0.4) is 0 Å². The molecule has 0 amide bonds.